The molecule has 1 N–H and O–H groups in total. The Morgan fingerprint density at radius 3 is 3.25 bits per heavy atom. The molecule has 2 aliphatic rings. The van der Waals surface area contributed by atoms with Crippen LogP contribution in [0, 0.1) is 0 Å². The molecule has 3 heterocycles. The van der Waals surface area contributed by atoms with Crippen LogP contribution >= 0.6 is 0 Å². The smallest absolute Gasteiger partial charge is 0.213 e. The van der Waals surface area contributed by atoms with Crippen molar-refractivity contribution in [3.63, 3.8) is 0 Å². The van der Waals surface area contributed by atoms with E-state index >= 15 is 0 Å². The third-order valence-corrected chi connectivity index (χ3v) is 3.30. The van der Waals surface area contributed by atoms with Crippen LogP contribution in [0.15, 0.2) is 24.4 Å². The van der Waals surface area contributed by atoms with E-state index in [1.807, 2.05) is 18.2 Å². The molecule has 4 nitrogen and oxygen atoms in total. The lowest BCUT2D eigenvalue weighted by Crippen LogP contribution is -2.31. The van der Waals surface area contributed by atoms with E-state index in [2.05, 4.69) is 10.3 Å². The van der Waals surface area contributed by atoms with Crippen LogP contribution < -0.4 is 10.1 Å². The summed E-state index contributed by atoms with van der Waals surface area (Å²) in [6, 6.07) is 5.71. The molecular formula is C12H16N2O2. The molecule has 0 bridgehead atoms. The fourth-order valence-corrected chi connectivity index (χ4v) is 2.48. The van der Waals surface area contributed by atoms with Crippen LogP contribution in [0.2, 0.25) is 0 Å². The molecule has 2 aliphatic heterocycles. The van der Waals surface area contributed by atoms with E-state index in [0.717, 1.165) is 25.9 Å². The maximum absolute atomic E-state index is 5.87. The normalized spacial score (nSPS) is 33.4. The van der Waals surface area contributed by atoms with Gasteiger partial charge < -0.3 is 14.8 Å². The minimum absolute atomic E-state index is 0.0272. The monoisotopic (exact) mass is 220 g/mol. The molecule has 0 saturated carbocycles. The molecule has 3 rings (SSSR count). The van der Waals surface area contributed by atoms with Crippen molar-refractivity contribution < 1.29 is 9.47 Å². The molecule has 2 atom stereocenters. The van der Waals surface area contributed by atoms with E-state index in [9.17, 15) is 0 Å². The Labute approximate surface area is 95.0 Å². The van der Waals surface area contributed by atoms with Crippen LogP contribution in [0.5, 0.6) is 5.88 Å². The minimum atomic E-state index is 0.0272. The molecule has 1 aromatic heterocycles. The van der Waals surface area contributed by atoms with E-state index in [4.69, 9.17) is 9.47 Å². The van der Waals surface area contributed by atoms with Crippen LogP contribution in [0.4, 0.5) is 0 Å². The topological polar surface area (TPSA) is 43.4 Å². The summed E-state index contributed by atoms with van der Waals surface area (Å²) in [6.07, 6.45) is 3.96. The first kappa shape index (κ1) is 10.1. The van der Waals surface area contributed by atoms with Crippen LogP contribution in [0.25, 0.3) is 0 Å². The van der Waals surface area contributed by atoms with Gasteiger partial charge in [-0.1, -0.05) is 6.07 Å². The van der Waals surface area contributed by atoms with Gasteiger partial charge in [0.2, 0.25) is 5.88 Å². The Morgan fingerprint density at radius 1 is 1.50 bits per heavy atom. The summed E-state index contributed by atoms with van der Waals surface area (Å²) in [5, 5.41) is 3.34. The Kier molecular flexibility index (Phi) is 2.53. The lowest BCUT2D eigenvalue weighted by Gasteiger charge is -2.20. The van der Waals surface area contributed by atoms with Crippen LogP contribution in [-0.4, -0.2) is 36.4 Å². The molecule has 0 aliphatic carbocycles. The van der Waals surface area contributed by atoms with Gasteiger partial charge in [-0.2, -0.15) is 0 Å². The molecule has 0 unspecified atom stereocenters. The second kappa shape index (κ2) is 4.03. The van der Waals surface area contributed by atoms with Gasteiger partial charge in [0.25, 0.3) is 0 Å². The van der Waals surface area contributed by atoms with E-state index in [1.54, 1.807) is 6.20 Å². The van der Waals surface area contributed by atoms with Crippen molar-refractivity contribution in [2.45, 2.75) is 24.5 Å². The van der Waals surface area contributed by atoms with Crippen molar-refractivity contribution in [3.8, 4) is 5.88 Å². The van der Waals surface area contributed by atoms with Crippen molar-refractivity contribution in [1.82, 2.24) is 10.3 Å². The number of aromatic nitrogens is 1. The number of hydrogen-bond donors (Lipinski definition) is 1. The van der Waals surface area contributed by atoms with Crippen LogP contribution in [-0.2, 0) is 4.74 Å². The largest absolute Gasteiger partial charge is 0.472 e. The highest BCUT2D eigenvalue weighted by molar-refractivity contribution is 5.10. The van der Waals surface area contributed by atoms with Crippen molar-refractivity contribution in [1.29, 1.82) is 0 Å². The molecule has 2 fully saturated rings. The van der Waals surface area contributed by atoms with Crippen LogP contribution in [0.3, 0.4) is 0 Å². The van der Waals surface area contributed by atoms with Gasteiger partial charge in [-0.3, -0.25) is 0 Å². The van der Waals surface area contributed by atoms with E-state index in [0.29, 0.717) is 12.5 Å². The molecule has 1 spiro atoms. The summed E-state index contributed by atoms with van der Waals surface area (Å²) in [7, 11) is 0. The molecule has 2 saturated heterocycles. The minimum Gasteiger partial charge on any atom is -0.472 e. The fourth-order valence-electron chi connectivity index (χ4n) is 2.48. The predicted octanol–water partition coefficient (Wildman–Crippen LogP) is 0.981. The van der Waals surface area contributed by atoms with E-state index < -0.39 is 0 Å². The Morgan fingerprint density at radius 2 is 2.50 bits per heavy atom. The van der Waals surface area contributed by atoms with E-state index in [-0.39, 0.29) is 11.7 Å². The molecule has 4 heteroatoms. The van der Waals surface area contributed by atoms with Gasteiger partial charge in [-0.25, -0.2) is 4.98 Å². The zero-order chi connectivity index (χ0) is 10.8. The lowest BCUT2D eigenvalue weighted by atomic mass is 9.98. The van der Waals surface area contributed by atoms with Gasteiger partial charge in [-0.05, 0) is 19.0 Å². The van der Waals surface area contributed by atoms with Gasteiger partial charge in [0, 0.05) is 25.2 Å². The highest BCUT2D eigenvalue weighted by Crippen LogP contribution is 2.32. The molecule has 86 valence electrons. The van der Waals surface area contributed by atoms with E-state index in [1.165, 1.54) is 0 Å². The summed E-state index contributed by atoms with van der Waals surface area (Å²) in [4.78, 5) is 4.16. The fraction of sp³-hybridized carbons (Fsp3) is 0.583. The summed E-state index contributed by atoms with van der Waals surface area (Å²) in [6.45, 7) is 2.68. The van der Waals surface area contributed by atoms with Gasteiger partial charge >= 0.3 is 0 Å². The molecule has 16 heavy (non-hydrogen) atoms. The van der Waals surface area contributed by atoms with Crippen molar-refractivity contribution >= 4 is 0 Å². The summed E-state index contributed by atoms with van der Waals surface area (Å²) in [5.74, 6) is 0.694. The molecule has 0 aromatic carbocycles. The first-order valence-electron chi connectivity index (χ1n) is 5.79. The first-order chi connectivity index (χ1) is 7.86. The zero-order valence-electron chi connectivity index (χ0n) is 9.19. The Hall–Kier alpha value is -1.13. The van der Waals surface area contributed by atoms with Crippen molar-refractivity contribution in [2.75, 3.05) is 19.7 Å². The average molecular weight is 220 g/mol. The van der Waals surface area contributed by atoms with Crippen molar-refractivity contribution in [2.24, 2.45) is 0 Å². The number of nitrogens with zero attached hydrogens (tertiary/aromatic N) is 1. The Balaban J connectivity index is 1.62. The van der Waals surface area contributed by atoms with Gasteiger partial charge in [0.1, 0.15) is 6.10 Å². The lowest BCUT2D eigenvalue weighted by molar-refractivity contribution is 0.0180. The molecule has 0 amide bonds. The quantitative estimate of drug-likeness (QED) is 0.807. The second-order valence-corrected chi connectivity index (χ2v) is 4.53. The number of pyridine rings is 1. The number of ether oxygens (including phenoxy) is 2. The standard InChI is InChI=1S/C12H16N2O2/c1-2-5-14-11(3-1)16-10-7-12(15-8-10)4-6-13-9-12/h1-3,5,10,13H,4,6-9H2/t10-,12-/m0/s1. The molecule has 0 radical (unpaired) electrons. The second-order valence-electron chi connectivity index (χ2n) is 4.53. The molecule has 1 aromatic rings. The average Bonchev–Trinajstić information content (AvgIpc) is 2.92. The van der Waals surface area contributed by atoms with Gasteiger partial charge in [0.05, 0.1) is 12.2 Å². The summed E-state index contributed by atoms with van der Waals surface area (Å²) < 4.78 is 11.7. The van der Waals surface area contributed by atoms with Crippen molar-refractivity contribution in [3.05, 3.63) is 24.4 Å². The third-order valence-electron chi connectivity index (χ3n) is 3.30. The van der Waals surface area contributed by atoms with Crippen LogP contribution in [0.1, 0.15) is 12.8 Å². The summed E-state index contributed by atoms with van der Waals surface area (Å²) >= 11 is 0. The highest BCUT2D eigenvalue weighted by Gasteiger charge is 2.43. The number of hydrogen-bond acceptors (Lipinski definition) is 4. The zero-order valence-corrected chi connectivity index (χ0v) is 9.19. The highest BCUT2D eigenvalue weighted by atomic mass is 16.6. The maximum atomic E-state index is 5.87. The number of nitrogens with one attached hydrogen (secondary N) is 1. The number of rotatable bonds is 2. The molecular weight excluding hydrogens is 204 g/mol. The predicted molar refractivity (Wildman–Crippen MR) is 59.4 cm³/mol. The maximum Gasteiger partial charge on any atom is 0.213 e. The summed E-state index contributed by atoms with van der Waals surface area (Å²) in [5.41, 5.74) is 0.0272. The third kappa shape index (κ3) is 1.90. The van der Waals surface area contributed by atoms with Gasteiger partial charge in [0.15, 0.2) is 0 Å². The Bertz CT molecular complexity index is 349. The van der Waals surface area contributed by atoms with Gasteiger partial charge in [-0.15, -0.1) is 0 Å². The first-order valence-corrected chi connectivity index (χ1v) is 5.79. The SMILES string of the molecule is c1ccc(O[C@@H]2CO[C@@]3(CCNC3)C2)nc1.